The zero-order valence-electron chi connectivity index (χ0n) is 11.1. The second-order valence-electron chi connectivity index (χ2n) is 5.22. The summed E-state index contributed by atoms with van der Waals surface area (Å²) in [6.45, 7) is 3.32. The summed E-state index contributed by atoms with van der Waals surface area (Å²) < 4.78 is 27.8. The fourth-order valence-electron chi connectivity index (χ4n) is 2.59. The van der Waals surface area contributed by atoms with E-state index in [1.165, 1.54) is 8.61 Å². The Morgan fingerprint density at radius 2 is 2.11 bits per heavy atom. The number of piperidine rings is 1. The smallest absolute Gasteiger partial charge is 0.307 e. The van der Waals surface area contributed by atoms with Gasteiger partial charge in [0.2, 0.25) is 0 Å². The molecule has 0 radical (unpaired) electrons. The monoisotopic (exact) mass is 288 g/mol. The van der Waals surface area contributed by atoms with Gasteiger partial charge in [-0.2, -0.15) is 17.0 Å². The van der Waals surface area contributed by atoms with Crippen molar-refractivity contribution in [3.63, 3.8) is 0 Å². The van der Waals surface area contributed by atoms with Crippen molar-refractivity contribution in [1.29, 1.82) is 0 Å². The van der Waals surface area contributed by atoms with Crippen molar-refractivity contribution in [3.05, 3.63) is 11.6 Å². The molecule has 2 aliphatic rings. The summed E-state index contributed by atoms with van der Waals surface area (Å²) in [6, 6.07) is 0. The van der Waals surface area contributed by atoms with Crippen LogP contribution in [0.1, 0.15) is 26.2 Å². The minimum Gasteiger partial charge on any atom is -0.481 e. The number of rotatable bonds is 3. The van der Waals surface area contributed by atoms with Crippen molar-refractivity contribution in [2.24, 2.45) is 5.92 Å². The lowest BCUT2D eigenvalue weighted by Gasteiger charge is -2.35. The Hall–Kier alpha value is -0.920. The van der Waals surface area contributed by atoms with Crippen LogP contribution in [0.4, 0.5) is 0 Å². The second kappa shape index (κ2) is 5.60. The topological polar surface area (TPSA) is 77.9 Å². The van der Waals surface area contributed by atoms with Gasteiger partial charge in [0, 0.05) is 26.2 Å². The van der Waals surface area contributed by atoms with Gasteiger partial charge in [-0.05, 0) is 26.2 Å². The van der Waals surface area contributed by atoms with Gasteiger partial charge in [0.1, 0.15) is 0 Å². The molecule has 1 N–H and O–H groups in total. The van der Waals surface area contributed by atoms with E-state index in [4.69, 9.17) is 5.11 Å². The lowest BCUT2D eigenvalue weighted by atomic mass is 10.0. The molecule has 0 aliphatic carbocycles. The minimum atomic E-state index is -3.52. The summed E-state index contributed by atoms with van der Waals surface area (Å²) in [5.41, 5.74) is 1.04. The van der Waals surface area contributed by atoms with E-state index in [0.29, 0.717) is 32.5 Å². The molecule has 2 rings (SSSR count). The number of carboxylic acids is 1. The van der Waals surface area contributed by atoms with Crippen molar-refractivity contribution < 1.29 is 18.3 Å². The molecule has 0 amide bonds. The maximum atomic E-state index is 12.5. The predicted octanol–water partition coefficient (Wildman–Crippen LogP) is 0.680. The van der Waals surface area contributed by atoms with Crippen LogP contribution < -0.4 is 0 Å². The number of carboxylic acid groups (broad SMARTS) is 1. The van der Waals surface area contributed by atoms with Crippen molar-refractivity contribution in [1.82, 2.24) is 8.61 Å². The Kier molecular flexibility index (Phi) is 4.27. The summed E-state index contributed by atoms with van der Waals surface area (Å²) in [7, 11) is -3.52. The van der Waals surface area contributed by atoms with Crippen LogP contribution >= 0.6 is 0 Å². The molecule has 1 unspecified atom stereocenters. The van der Waals surface area contributed by atoms with Gasteiger partial charge in [0.05, 0.1) is 5.92 Å². The number of hydrogen-bond acceptors (Lipinski definition) is 3. The van der Waals surface area contributed by atoms with Gasteiger partial charge in [-0.3, -0.25) is 4.79 Å². The average Bonchev–Trinajstić information content (AvgIpc) is 2.39. The Balaban J connectivity index is 2.11. The molecule has 0 aromatic rings. The molecule has 0 aromatic heterocycles. The lowest BCUT2D eigenvalue weighted by molar-refractivity contribution is -0.142. The van der Waals surface area contributed by atoms with E-state index >= 15 is 0 Å². The molecule has 0 spiro atoms. The molecule has 1 fully saturated rings. The quantitative estimate of drug-likeness (QED) is 0.775. The molecule has 108 valence electrons. The van der Waals surface area contributed by atoms with E-state index in [-0.39, 0.29) is 6.54 Å². The third-order valence-electron chi connectivity index (χ3n) is 3.68. The lowest BCUT2D eigenvalue weighted by Crippen LogP contribution is -2.50. The Morgan fingerprint density at radius 3 is 2.74 bits per heavy atom. The summed E-state index contributed by atoms with van der Waals surface area (Å²) >= 11 is 0. The van der Waals surface area contributed by atoms with Crippen molar-refractivity contribution in [2.75, 3.05) is 26.2 Å². The van der Waals surface area contributed by atoms with Gasteiger partial charge in [-0.1, -0.05) is 11.6 Å². The van der Waals surface area contributed by atoms with Crippen LogP contribution in [0, 0.1) is 5.92 Å². The summed E-state index contributed by atoms with van der Waals surface area (Å²) in [6.07, 6.45) is 3.93. The van der Waals surface area contributed by atoms with E-state index in [9.17, 15) is 13.2 Å². The van der Waals surface area contributed by atoms with Gasteiger partial charge in [0.15, 0.2) is 0 Å². The summed E-state index contributed by atoms with van der Waals surface area (Å²) in [5, 5.41) is 9.03. The minimum absolute atomic E-state index is 0.0942. The first kappa shape index (κ1) is 14.5. The Labute approximate surface area is 113 Å². The van der Waals surface area contributed by atoms with E-state index in [2.05, 4.69) is 0 Å². The molecule has 1 atom stereocenters. The number of nitrogens with zero attached hydrogens (tertiary/aromatic N) is 2. The number of hydrogen-bond donors (Lipinski definition) is 1. The molecule has 1 saturated heterocycles. The molecule has 2 aliphatic heterocycles. The molecule has 0 saturated carbocycles. The van der Waals surface area contributed by atoms with Crippen molar-refractivity contribution in [3.8, 4) is 0 Å². The van der Waals surface area contributed by atoms with Crippen molar-refractivity contribution in [2.45, 2.75) is 26.2 Å². The highest BCUT2D eigenvalue weighted by atomic mass is 32.2. The van der Waals surface area contributed by atoms with E-state index < -0.39 is 22.1 Å². The van der Waals surface area contributed by atoms with Gasteiger partial charge >= 0.3 is 5.97 Å². The molecule has 6 nitrogen and oxygen atoms in total. The molecule has 0 bridgehead atoms. The fraction of sp³-hybridized carbons (Fsp3) is 0.750. The van der Waals surface area contributed by atoms with E-state index in [1.807, 2.05) is 13.0 Å². The summed E-state index contributed by atoms with van der Waals surface area (Å²) in [4.78, 5) is 11.0. The largest absolute Gasteiger partial charge is 0.481 e. The number of carbonyl (C=O) groups is 1. The Bertz CT molecular complexity index is 486. The van der Waals surface area contributed by atoms with Crippen LogP contribution in [0.25, 0.3) is 0 Å². The number of aliphatic carboxylic acids is 1. The molecular formula is C12H20N2O4S. The molecule has 19 heavy (non-hydrogen) atoms. The maximum Gasteiger partial charge on any atom is 0.307 e. The van der Waals surface area contributed by atoms with Crippen LogP contribution in [0.15, 0.2) is 11.6 Å². The van der Waals surface area contributed by atoms with Gasteiger partial charge in [-0.15, -0.1) is 0 Å². The molecule has 2 heterocycles. The highest BCUT2D eigenvalue weighted by Gasteiger charge is 2.36. The third kappa shape index (κ3) is 3.16. The SMILES string of the molecule is CC1=CCCN(S(=O)(=O)N2CCCC(C(=O)O)C2)C1. The van der Waals surface area contributed by atoms with Crippen LogP contribution in [0.3, 0.4) is 0 Å². The van der Waals surface area contributed by atoms with Crippen LogP contribution in [-0.4, -0.2) is 54.3 Å². The molecule has 7 heteroatoms. The highest BCUT2D eigenvalue weighted by molar-refractivity contribution is 7.86. The fourth-order valence-corrected chi connectivity index (χ4v) is 4.35. The second-order valence-corrected chi connectivity index (χ2v) is 7.14. The zero-order chi connectivity index (χ0) is 14.0. The van der Waals surface area contributed by atoms with Crippen LogP contribution in [0.5, 0.6) is 0 Å². The summed E-state index contributed by atoms with van der Waals surface area (Å²) in [5.74, 6) is -1.49. The van der Waals surface area contributed by atoms with Gasteiger partial charge < -0.3 is 5.11 Å². The first-order valence-electron chi connectivity index (χ1n) is 6.55. The highest BCUT2D eigenvalue weighted by Crippen LogP contribution is 2.23. The van der Waals surface area contributed by atoms with Crippen LogP contribution in [0.2, 0.25) is 0 Å². The molecular weight excluding hydrogens is 268 g/mol. The van der Waals surface area contributed by atoms with Gasteiger partial charge in [0.25, 0.3) is 10.2 Å². The normalized spacial score (nSPS) is 27.0. The van der Waals surface area contributed by atoms with Crippen molar-refractivity contribution >= 4 is 16.2 Å². The van der Waals surface area contributed by atoms with Crippen LogP contribution in [-0.2, 0) is 15.0 Å². The third-order valence-corrected chi connectivity index (χ3v) is 5.63. The van der Waals surface area contributed by atoms with E-state index in [1.54, 1.807) is 0 Å². The zero-order valence-corrected chi connectivity index (χ0v) is 11.9. The first-order chi connectivity index (χ1) is 8.91. The molecule has 0 aromatic carbocycles. The van der Waals surface area contributed by atoms with E-state index in [0.717, 1.165) is 12.0 Å². The first-order valence-corrected chi connectivity index (χ1v) is 7.94. The van der Waals surface area contributed by atoms with Gasteiger partial charge in [-0.25, -0.2) is 0 Å². The predicted molar refractivity (Wildman–Crippen MR) is 70.8 cm³/mol. The Morgan fingerprint density at radius 1 is 1.37 bits per heavy atom. The average molecular weight is 288 g/mol. The maximum absolute atomic E-state index is 12.5. The standard InChI is InChI=1S/C12H20N2O4S/c1-10-4-2-6-13(8-10)19(17,18)14-7-3-5-11(9-14)12(15)16/h4,11H,2-3,5-9H2,1H3,(H,15,16).